The zero-order valence-corrected chi connectivity index (χ0v) is 15.4. The fourth-order valence-electron chi connectivity index (χ4n) is 2.39. The summed E-state index contributed by atoms with van der Waals surface area (Å²) in [6.45, 7) is 4.05. The van der Waals surface area contributed by atoms with Crippen molar-refractivity contribution in [2.75, 3.05) is 5.32 Å². The van der Waals surface area contributed by atoms with Crippen molar-refractivity contribution in [3.8, 4) is 0 Å². The summed E-state index contributed by atoms with van der Waals surface area (Å²) in [5.74, 6) is 0.441. The number of aryl methyl sites for hydroxylation is 2. The van der Waals surface area contributed by atoms with Crippen LogP contribution in [0.15, 0.2) is 66.1 Å². The highest BCUT2D eigenvalue weighted by atomic mass is 32.2. The lowest BCUT2D eigenvalue weighted by atomic mass is 10.1. The van der Waals surface area contributed by atoms with Crippen molar-refractivity contribution in [1.82, 2.24) is 4.98 Å². The molecule has 1 aromatic carbocycles. The first-order valence-corrected chi connectivity index (χ1v) is 9.15. The van der Waals surface area contributed by atoms with Gasteiger partial charge in [-0.25, -0.2) is 4.98 Å². The second-order valence-corrected chi connectivity index (χ2v) is 6.93. The van der Waals surface area contributed by atoms with Crippen molar-refractivity contribution in [2.24, 2.45) is 0 Å². The maximum absolute atomic E-state index is 12.7. The molecule has 26 heavy (non-hydrogen) atoms. The Bertz CT molecular complexity index is 927. The van der Waals surface area contributed by atoms with Gasteiger partial charge in [0.1, 0.15) is 5.03 Å². The molecular formula is C20H19N3O2S. The number of rotatable bonds is 5. The summed E-state index contributed by atoms with van der Waals surface area (Å²) in [4.78, 5) is 17.0. The van der Waals surface area contributed by atoms with E-state index in [1.807, 2.05) is 32.0 Å². The van der Waals surface area contributed by atoms with Crippen LogP contribution < -0.4 is 10.0 Å². The van der Waals surface area contributed by atoms with Gasteiger partial charge in [0.15, 0.2) is 12.4 Å². The van der Waals surface area contributed by atoms with E-state index in [-0.39, 0.29) is 5.91 Å². The number of thioether (sulfide) groups is 1. The van der Waals surface area contributed by atoms with Crippen LogP contribution >= 0.6 is 11.8 Å². The first-order valence-electron chi connectivity index (χ1n) is 8.17. The minimum Gasteiger partial charge on any atom is -0.619 e. The molecule has 3 rings (SSSR count). The van der Waals surface area contributed by atoms with Crippen LogP contribution in [0, 0.1) is 19.1 Å². The van der Waals surface area contributed by atoms with E-state index >= 15 is 0 Å². The Balaban J connectivity index is 1.74. The van der Waals surface area contributed by atoms with E-state index in [4.69, 9.17) is 0 Å². The Morgan fingerprint density at radius 2 is 1.92 bits per heavy atom. The molecule has 1 N–H and O–H groups in total. The van der Waals surface area contributed by atoms with E-state index in [1.54, 1.807) is 30.5 Å². The number of carbonyl (C=O) groups excluding carboxylic acids is 1. The standard InChI is InChI=1S/C20H19N3O2S/c1-14-5-6-17(12-15(14)2)22-19(24)18-4-3-9-21-20(18)26-13-16-7-10-23(25)11-8-16/h3-12H,13H2,1-2H3,(H,22,24). The Kier molecular flexibility index (Phi) is 5.53. The van der Waals surface area contributed by atoms with Gasteiger partial charge in [0.2, 0.25) is 0 Å². The Labute approximate surface area is 156 Å². The number of carbonyl (C=O) groups is 1. The van der Waals surface area contributed by atoms with Crippen LogP contribution in [-0.2, 0) is 5.75 Å². The topological polar surface area (TPSA) is 68.9 Å². The molecule has 0 aliphatic heterocycles. The van der Waals surface area contributed by atoms with Crippen LogP contribution in [0.3, 0.4) is 0 Å². The molecule has 0 fully saturated rings. The van der Waals surface area contributed by atoms with E-state index < -0.39 is 0 Å². The van der Waals surface area contributed by atoms with E-state index in [1.165, 1.54) is 29.7 Å². The van der Waals surface area contributed by atoms with Gasteiger partial charge in [0, 0.05) is 29.8 Å². The summed E-state index contributed by atoms with van der Waals surface area (Å²) >= 11 is 1.47. The van der Waals surface area contributed by atoms with Crippen molar-refractivity contribution in [1.29, 1.82) is 0 Å². The van der Waals surface area contributed by atoms with Crippen molar-refractivity contribution < 1.29 is 9.52 Å². The lowest BCUT2D eigenvalue weighted by Gasteiger charge is -2.10. The van der Waals surface area contributed by atoms with E-state index in [2.05, 4.69) is 10.3 Å². The third-order valence-electron chi connectivity index (χ3n) is 4.03. The molecule has 1 amide bonds. The summed E-state index contributed by atoms with van der Waals surface area (Å²) in [5.41, 5.74) is 4.60. The zero-order valence-electron chi connectivity index (χ0n) is 14.6. The highest BCUT2D eigenvalue weighted by molar-refractivity contribution is 7.98. The van der Waals surface area contributed by atoms with Crippen LogP contribution in [-0.4, -0.2) is 10.9 Å². The first-order chi connectivity index (χ1) is 12.5. The van der Waals surface area contributed by atoms with Gasteiger partial charge < -0.3 is 10.5 Å². The number of aromatic nitrogens is 2. The summed E-state index contributed by atoms with van der Waals surface area (Å²) in [5, 5.41) is 14.7. The smallest absolute Gasteiger partial charge is 0.258 e. The van der Waals surface area contributed by atoms with Crippen molar-refractivity contribution >= 4 is 23.4 Å². The molecule has 3 aromatic rings. The molecule has 6 heteroatoms. The summed E-state index contributed by atoms with van der Waals surface area (Å²) < 4.78 is 0.747. The predicted molar refractivity (Wildman–Crippen MR) is 103 cm³/mol. The fraction of sp³-hybridized carbons (Fsp3) is 0.150. The molecule has 0 saturated carbocycles. The quantitative estimate of drug-likeness (QED) is 0.423. The van der Waals surface area contributed by atoms with E-state index in [0.717, 1.165) is 21.5 Å². The molecule has 0 spiro atoms. The molecular weight excluding hydrogens is 346 g/mol. The number of nitrogens with one attached hydrogen (secondary N) is 1. The van der Waals surface area contributed by atoms with Crippen molar-refractivity contribution in [3.05, 3.63) is 88.5 Å². The average Bonchev–Trinajstić information content (AvgIpc) is 2.64. The molecule has 0 aliphatic carbocycles. The Hall–Kier alpha value is -2.86. The van der Waals surface area contributed by atoms with Crippen molar-refractivity contribution in [2.45, 2.75) is 24.6 Å². The highest BCUT2D eigenvalue weighted by Crippen LogP contribution is 2.25. The van der Waals surface area contributed by atoms with Crippen LogP contribution in [0.1, 0.15) is 27.0 Å². The van der Waals surface area contributed by atoms with Gasteiger partial charge in [0.25, 0.3) is 5.91 Å². The Morgan fingerprint density at radius 1 is 1.15 bits per heavy atom. The number of amides is 1. The third kappa shape index (κ3) is 4.40. The molecule has 0 unspecified atom stereocenters. The highest BCUT2D eigenvalue weighted by Gasteiger charge is 2.13. The lowest BCUT2D eigenvalue weighted by Crippen LogP contribution is -2.23. The van der Waals surface area contributed by atoms with Gasteiger partial charge in [-0.15, -0.1) is 11.8 Å². The SMILES string of the molecule is Cc1ccc(NC(=O)c2cccnc2SCc2cc[n+]([O-])cc2)cc1C. The fourth-order valence-corrected chi connectivity index (χ4v) is 3.34. The second-order valence-electron chi connectivity index (χ2n) is 5.96. The number of nitrogens with zero attached hydrogens (tertiary/aromatic N) is 2. The molecule has 5 nitrogen and oxygen atoms in total. The second kappa shape index (κ2) is 8.01. The molecule has 2 heterocycles. The van der Waals surface area contributed by atoms with Gasteiger partial charge in [-0.05, 0) is 54.8 Å². The maximum Gasteiger partial charge on any atom is 0.258 e. The minimum atomic E-state index is -0.186. The van der Waals surface area contributed by atoms with Gasteiger partial charge in [0.05, 0.1) is 5.56 Å². The Morgan fingerprint density at radius 3 is 2.65 bits per heavy atom. The summed E-state index contributed by atoms with van der Waals surface area (Å²) in [7, 11) is 0. The van der Waals surface area contributed by atoms with Gasteiger partial charge in [-0.1, -0.05) is 6.07 Å². The summed E-state index contributed by atoms with van der Waals surface area (Å²) in [6, 6.07) is 12.9. The maximum atomic E-state index is 12.7. The predicted octanol–water partition coefficient (Wildman–Crippen LogP) is 3.88. The van der Waals surface area contributed by atoms with Crippen LogP contribution in [0.2, 0.25) is 0 Å². The monoisotopic (exact) mass is 365 g/mol. The third-order valence-corrected chi connectivity index (χ3v) is 5.10. The molecule has 132 valence electrons. The summed E-state index contributed by atoms with van der Waals surface area (Å²) in [6.07, 6.45) is 4.59. The van der Waals surface area contributed by atoms with Gasteiger partial charge in [-0.3, -0.25) is 4.79 Å². The average molecular weight is 365 g/mol. The van der Waals surface area contributed by atoms with E-state index in [0.29, 0.717) is 16.3 Å². The normalized spacial score (nSPS) is 10.5. The molecule has 0 radical (unpaired) electrons. The van der Waals surface area contributed by atoms with Crippen LogP contribution in [0.4, 0.5) is 5.69 Å². The zero-order chi connectivity index (χ0) is 18.5. The molecule has 0 bridgehead atoms. The number of pyridine rings is 2. The molecule has 2 aromatic heterocycles. The van der Waals surface area contributed by atoms with Gasteiger partial charge in [-0.2, -0.15) is 4.73 Å². The molecule has 0 atom stereocenters. The molecule has 0 saturated heterocycles. The number of benzene rings is 1. The van der Waals surface area contributed by atoms with Crippen molar-refractivity contribution in [3.63, 3.8) is 0 Å². The number of anilines is 1. The number of hydrogen-bond acceptors (Lipinski definition) is 4. The van der Waals surface area contributed by atoms with Gasteiger partial charge >= 0.3 is 0 Å². The minimum absolute atomic E-state index is 0.186. The number of hydrogen-bond donors (Lipinski definition) is 1. The first kappa shape index (κ1) is 17.9. The lowest BCUT2D eigenvalue weighted by molar-refractivity contribution is -0.605. The van der Waals surface area contributed by atoms with Crippen LogP contribution in [0.25, 0.3) is 0 Å². The largest absolute Gasteiger partial charge is 0.619 e. The van der Waals surface area contributed by atoms with E-state index in [9.17, 15) is 10.0 Å². The van der Waals surface area contributed by atoms with Crippen LogP contribution in [0.5, 0.6) is 0 Å². The molecule has 0 aliphatic rings.